The van der Waals surface area contributed by atoms with Crippen LogP contribution >= 0.6 is 11.8 Å². The maximum absolute atomic E-state index is 13.6. The van der Waals surface area contributed by atoms with Crippen LogP contribution in [0.3, 0.4) is 0 Å². The van der Waals surface area contributed by atoms with Crippen molar-refractivity contribution < 1.29 is 9.59 Å². The van der Waals surface area contributed by atoms with Gasteiger partial charge in [-0.15, -0.1) is 11.8 Å². The zero-order chi connectivity index (χ0) is 22.1. The van der Waals surface area contributed by atoms with Gasteiger partial charge >= 0.3 is 0 Å². The van der Waals surface area contributed by atoms with E-state index < -0.39 is 0 Å². The van der Waals surface area contributed by atoms with Crippen molar-refractivity contribution in [3.05, 3.63) is 105 Å². The summed E-state index contributed by atoms with van der Waals surface area (Å²) in [6, 6.07) is 21.8. The van der Waals surface area contributed by atoms with Gasteiger partial charge in [-0.25, -0.2) is 4.90 Å². The van der Waals surface area contributed by atoms with Gasteiger partial charge in [0.25, 0.3) is 11.8 Å². The van der Waals surface area contributed by atoms with E-state index in [1.54, 1.807) is 0 Å². The molecule has 0 atom stereocenters. The molecule has 156 valence electrons. The molecule has 1 aliphatic heterocycles. The minimum Gasteiger partial charge on any atom is -0.268 e. The van der Waals surface area contributed by atoms with Crippen LogP contribution in [0.15, 0.2) is 71.6 Å². The van der Waals surface area contributed by atoms with Crippen LogP contribution in [0.25, 0.3) is 5.57 Å². The molecule has 0 N–H and O–H groups in total. The van der Waals surface area contributed by atoms with Gasteiger partial charge in [-0.2, -0.15) is 0 Å². The van der Waals surface area contributed by atoms with Gasteiger partial charge < -0.3 is 0 Å². The fourth-order valence-corrected chi connectivity index (χ4v) is 5.04. The maximum Gasteiger partial charge on any atom is 0.272 e. The quantitative estimate of drug-likeness (QED) is 0.459. The van der Waals surface area contributed by atoms with Gasteiger partial charge in [0.1, 0.15) is 0 Å². The van der Waals surface area contributed by atoms with E-state index in [0.29, 0.717) is 21.9 Å². The Hall–Kier alpha value is -3.11. The van der Waals surface area contributed by atoms with Crippen molar-refractivity contribution in [2.24, 2.45) is 0 Å². The molecule has 0 aromatic heterocycles. The summed E-state index contributed by atoms with van der Waals surface area (Å²) in [5.74, 6) is 0.136. The first-order valence-electron chi connectivity index (χ1n) is 10.3. The zero-order valence-corrected chi connectivity index (χ0v) is 19.0. The number of rotatable bonds is 5. The van der Waals surface area contributed by atoms with Crippen molar-refractivity contribution in [2.75, 3.05) is 4.90 Å². The molecule has 1 aliphatic rings. The molecule has 0 unspecified atom stereocenters. The predicted octanol–water partition coefficient (Wildman–Crippen LogP) is 6.14. The number of nitrogens with zero attached hydrogens (tertiary/aromatic N) is 1. The monoisotopic (exact) mass is 427 g/mol. The van der Waals surface area contributed by atoms with E-state index in [4.69, 9.17) is 0 Å². The van der Waals surface area contributed by atoms with Gasteiger partial charge in [-0.1, -0.05) is 71.8 Å². The molecule has 0 saturated carbocycles. The summed E-state index contributed by atoms with van der Waals surface area (Å²) in [6.45, 7) is 7.96. The number of thioether (sulfide) groups is 1. The number of hydrogen-bond acceptors (Lipinski definition) is 3. The first kappa shape index (κ1) is 21.1. The molecule has 0 aliphatic carbocycles. The predicted molar refractivity (Wildman–Crippen MR) is 129 cm³/mol. The lowest BCUT2D eigenvalue weighted by Gasteiger charge is -2.18. The second kappa shape index (κ2) is 8.56. The molecule has 2 amide bonds. The average molecular weight is 428 g/mol. The molecular weight excluding hydrogens is 402 g/mol. The molecule has 3 aromatic carbocycles. The number of imide groups is 1. The second-order valence-corrected chi connectivity index (χ2v) is 9.02. The lowest BCUT2D eigenvalue weighted by molar-refractivity contribution is -0.119. The third kappa shape index (κ3) is 4.08. The highest BCUT2D eigenvalue weighted by atomic mass is 32.2. The van der Waals surface area contributed by atoms with Crippen molar-refractivity contribution in [1.29, 1.82) is 0 Å². The van der Waals surface area contributed by atoms with Crippen molar-refractivity contribution in [1.82, 2.24) is 0 Å². The Morgan fingerprint density at radius 2 is 1.39 bits per heavy atom. The molecular formula is C27H25NO2S. The zero-order valence-electron chi connectivity index (χ0n) is 18.2. The average Bonchev–Trinajstić information content (AvgIpc) is 2.97. The van der Waals surface area contributed by atoms with E-state index in [-0.39, 0.29) is 11.8 Å². The largest absolute Gasteiger partial charge is 0.272 e. The Kier molecular flexibility index (Phi) is 5.84. The van der Waals surface area contributed by atoms with E-state index in [1.165, 1.54) is 16.7 Å². The number of anilines is 1. The molecule has 4 heteroatoms. The smallest absolute Gasteiger partial charge is 0.268 e. The van der Waals surface area contributed by atoms with Gasteiger partial charge in [0.05, 0.1) is 16.2 Å². The highest BCUT2D eigenvalue weighted by Gasteiger charge is 2.41. The van der Waals surface area contributed by atoms with E-state index in [1.807, 2.05) is 88.4 Å². The van der Waals surface area contributed by atoms with Crippen molar-refractivity contribution in [2.45, 2.75) is 33.4 Å². The molecule has 0 saturated heterocycles. The lowest BCUT2D eigenvalue weighted by atomic mass is 9.98. The minimum atomic E-state index is -0.250. The summed E-state index contributed by atoms with van der Waals surface area (Å²) < 4.78 is 0. The van der Waals surface area contributed by atoms with Gasteiger partial charge in [0, 0.05) is 5.75 Å². The van der Waals surface area contributed by atoms with Crippen molar-refractivity contribution in [3.63, 3.8) is 0 Å². The highest BCUT2D eigenvalue weighted by molar-refractivity contribution is 8.03. The number of benzene rings is 3. The summed E-state index contributed by atoms with van der Waals surface area (Å²) in [4.78, 5) is 29.1. The maximum atomic E-state index is 13.6. The Bertz CT molecular complexity index is 1210. The van der Waals surface area contributed by atoms with E-state index in [2.05, 4.69) is 6.07 Å². The van der Waals surface area contributed by atoms with Crippen LogP contribution in [-0.4, -0.2) is 11.8 Å². The van der Waals surface area contributed by atoms with Crippen molar-refractivity contribution >= 4 is 34.8 Å². The van der Waals surface area contributed by atoms with Crippen LogP contribution in [0.5, 0.6) is 0 Å². The topological polar surface area (TPSA) is 37.4 Å². The summed E-state index contributed by atoms with van der Waals surface area (Å²) >= 11 is 1.44. The van der Waals surface area contributed by atoms with E-state index in [9.17, 15) is 9.59 Å². The van der Waals surface area contributed by atoms with Gasteiger partial charge in [0.2, 0.25) is 0 Å². The van der Waals surface area contributed by atoms with Crippen LogP contribution in [0.4, 0.5) is 5.69 Å². The molecule has 0 radical (unpaired) electrons. The van der Waals surface area contributed by atoms with Crippen LogP contribution in [0, 0.1) is 27.7 Å². The highest BCUT2D eigenvalue weighted by Crippen LogP contribution is 2.41. The molecule has 3 nitrogen and oxygen atoms in total. The first-order valence-corrected chi connectivity index (χ1v) is 11.3. The number of amides is 2. The standard InChI is InChI=1S/C27H25NO2S/c1-17-10-12-22(19(3)14-17)24-25(31-16-21-8-6-5-7-9-21)27(30)28(26(24)29)23-13-11-18(2)15-20(23)4/h5-15H,16H2,1-4H3. The summed E-state index contributed by atoms with van der Waals surface area (Å²) in [7, 11) is 0. The van der Waals surface area contributed by atoms with Crippen LogP contribution < -0.4 is 4.90 Å². The first-order chi connectivity index (χ1) is 14.9. The Balaban J connectivity index is 1.80. The molecule has 0 fully saturated rings. The van der Waals surface area contributed by atoms with Crippen molar-refractivity contribution in [3.8, 4) is 0 Å². The number of aryl methyl sites for hydroxylation is 4. The lowest BCUT2D eigenvalue weighted by Crippen LogP contribution is -2.32. The van der Waals surface area contributed by atoms with Crippen LogP contribution in [0.1, 0.15) is 33.4 Å². The number of hydrogen-bond donors (Lipinski definition) is 0. The van der Waals surface area contributed by atoms with Gasteiger partial charge in [-0.3, -0.25) is 9.59 Å². The molecule has 3 aromatic rings. The molecule has 1 heterocycles. The summed E-state index contributed by atoms with van der Waals surface area (Å²) in [5, 5.41) is 0. The molecule has 4 rings (SSSR count). The fourth-order valence-electron chi connectivity index (χ4n) is 3.98. The molecule has 0 bridgehead atoms. The van der Waals surface area contributed by atoms with Crippen LogP contribution in [-0.2, 0) is 15.3 Å². The SMILES string of the molecule is Cc1ccc(C2=C(SCc3ccccc3)C(=O)N(c3ccc(C)cc3C)C2=O)c(C)c1. The Morgan fingerprint density at radius 3 is 2.03 bits per heavy atom. The second-order valence-electron chi connectivity index (χ2n) is 8.03. The minimum absolute atomic E-state index is 0.243. The molecule has 0 spiro atoms. The Morgan fingerprint density at radius 1 is 0.742 bits per heavy atom. The number of carbonyl (C=O) groups excluding carboxylic acids is 2. The van der Waals surface area contributed by atoms with Gasteiger partial charge in [0.15, 0.2) is 0 Å². The third-order valence-corrected chi connectivity index (χ3v) is 6.66. The molecule has 31 heavy (non-hydrogen) atoms. The summed E-state index contributed by atoms with van der Waals surface area (Å²) in [6.07, 6.45) is 0. The van der Waals surface area contributed by atoms with E-state index >= 15 is 0 Å². The normalized spacial score (nSPS) is 14.0. The fraction of sp³-hybridized carbons (Fsp3) is 0.185. The summed E-state index contributed by atoms with van der Waals surface area (Å²) in [5.41, 5.74) is 7.23. The number of carbonyl (C=O) groups is 2. The third-order valence-electron chi connectivity index (χ3n) is 5.51. The Labute approximate surface area is 187 Å². The van der Waals surface area contributed by atoms with Gasteiger partial charge in [-0.05, 0) is 56.0 Å². The van der Waals surface area contributed by atoms with Crippen LogP contribution in [0.2, 0.25) is 0 Å². The van der Waals surface area contributed by atoms with E-state index in [0.717, 1.165) is 33.4 Å².